The molecule has 0 saturated heterocycles. The minimum absolute atomic E-state index is 0.0331. The van der Waals surface area contributed by atoms with E-state index in [0.29, 0.717) is 5.33 Å². The highest BCUT2D eigenvalue weighted by molar-refractivity contribution is 9.10. The van der Waals surface area contributed by atoms with Gasteiger partial charge in [-0.05, 0) is 28.1 Å². The fourth-order valence-electron chi connectivity index (χ4n) is 0.921. The molecule has 1 aromatic rings. The first-order valence-electron chi connectivity index (χ1n) is 4.05. The Bertz CT molecular complexity index is 385. The van der Waals surface area contributed by atoms with Gasteiger partial charge in [0.05, 0.1) is 10.2 Å². The van der Waals surface area contributed by atoms with E-state index >= 15 is 0 Å². The molecule has 15 heavy (non-hydrogen) atoms. The summed E-state index contributed by atoms with van der Waals surface area (Å²) >= 11 is 5.83. The topological polar surface area (TPSA) is 29.1 Å². The Labute approximate surface area is 102 Å². The van der Waals surface area contributed by atoms with Crippen LogP contribution >= 0.6 is 31.9 Å². The molecule has 1 aromatic carbocycles. The van der Waals surface area contributed by atoms with Crippen molar-refractivity contribution in [3.05, 3.63) is 28.2 Å². The lowest BCUT2D eigenvalue weighted by atomic mass is 10.3. The first-order valence-corrected chi connectivity index (χ1v) is 5.97. The number of nitrogens with one attached hydrogen (secondary N) is 1. The molecule has 1 N–H and O–H groups in total. The molecule has 0 fully saturated rings. The van der Waals surface area contributed by atoms with Crippen LogP contribution < -0.4 is 5.32 Å². The first-order chi connectivity index (χ1) is 7.06. The average molecular weight is 343 g/mol. The quantitative estimate of drug-likeness (QED) is 0.661. The smallest absolute Gasteiger partial charge is 0.225 e. The van der Waals surface area contributed by atoms with Gasteiger partial charge in [0, 0.05) is 11.8 Å². The predicted octanol–water partition coefficient (Wildman–Crippen LogP) is 3.45. The van der Waals surface area contributed by atoms with Gasteiger partial charge in [0.15, 0.2) is 5.82 Å². The summed E-state index contributed by atoms with van der Waals surface area (Å²) in [5.41, 5.74) is -0.0331. The third-order valence-electron chi connectivity index (χ3n) is 1.63. The van der Waals surface area contributed by atoms with Gasteiger partial charge >= 0.3 is 0 Å². The normalized spacial score (nSPS) is 10.1. The maximum absolute atomic E-state index is 13.3. The fourth-order valence-corrected chi connectivity index (χ4v) is 1.63. The van der Waals surface area contributed by atoms with Crippen LogP contribution in [-0.2, 0) is 4.79 Å². The molecule has 0 atom stereocenters. The summed E-state index contributed by atoms with van der Waals surface area (Å²) in [6.45, 7) is 0. The van der Waals surface area contributed by atoms with Gasteiger partial charge in [-0.3, -0.25) is 4.79 Å². The number of alkyl halides is 1. The Balaban J connectivity index is 2.87. The highest BCUT2D eigenvalue weighted by Gasteiger charge is 2.12. The fraction of sp³-hybridized carbons (Fsp3) is 0.222. The molecule has 0 aliphatic rings. The molecule has 1 rings (SSSR count). The minimum Gasteiger partial charge on any atom is -0.324 e. The molecule has 0 spiro atoms. The third-order valence-corrected chi connectivity index (χ3v) is 2.75. The van der Waals surface area contributed by atoms with Gasteiger partial charge in [-0.15, -0.1) is 0 Å². The molecule has 0 bridgehead atoms. The summed E-state index contributed by atoms with van der Waals surface area (Å²) in [7, 11) is 0. The van der Waals surface area contributed by atoms with Gasteiger partial charge in [0.1, 0.15) is 5.82 Å². The number of anilines is 1. The van der Waals surface area contributed by atoms with Crippen molar-refractivity contribution in [2.75, 3.05) is 10.6 Å². The molecule has 2 nitrogen and oxygen atoms in total. The average Bonchev–Trinajstić information content (AvgIpc) is 2.20. The van der Waals surface area contributed by atoms with Crippen LogP contribution in [0.3, 0.4) is 0 Å². The van der Waals surface area contributed by atoms with Crippen LogP contribution in [0.15, 0.2) is 16.6 Å². The highest BCUT2D eigenvalue weighted by Crippen LogP contribution is 2.25. The molecule has 0 aliphatic carbocycles. The van der Waals surface area contributed by atoms with Crippen molar-refractivity contribution in [3.63, 3.8) is 0 Å². The van der Waals surface area contributed by atoms with Crippen molar-refractivity contribution < 1.29 is 13.6 Å². The summed E-state index contributed by atoms with van der Waals surface area (Å²) in [6.07, 6.45) is 0.231. The zero-order chi connectivity index (χ0) is 11.4. The second-order valence-corrected chi connectivity index (χ2v) is 4.30. The lowest BCUT2D eigenvalue weighted by molar-refractivity contribution is -0.115. The Kier molecular flexibility index (Phi) is 4.66. The Hall–Kier alpha value is -0.490. The van der Waals surface area contributed by atoms with E-state index in [0.717, 1.165) is 6.07 Å². The lowest BCUT2D eigenvalue weighted by Gasteiger charge is -2.06. The van der Waals surface area contributed by atoms with E-state index in [-0.39, 0.29) is 22.5 Å². The van der Waals surface area contributed by atoms with Crippen molar-refractivity contribution in [2.45, 2.75) is 6.42 Å². The highest BCUT2D eigenvalue weighted by atomic mass is 79.9. The molecule has 1 amide bonds. The molecule has 0 heterocycles. The maximum Gasteiger partial charge on any atom is 0.225 e. The second-order valence-electron chi connectivity index (χ2n) is 2.71. The first kappa shape index (κ1) is 12.6. The Morgan fingerprint density at radius 1 is 1.40 bits per heavy atom. The molecular formula is C9H7Br2F2NO. The van der Waals surface area contributed by atoms with Crippen LogP contribution in [0.25, 0.3) is 0 Å². The van der Waals surface area contributed by atoms with Gasteiger partial charge < -0.3 is 5.32 Å². The largest absolute Gasteiger partial charge is 0.324 e. The molecule has 0 aromatic heterocycles. The third kappa shape index (κ3) is 3.24. The Morgan fingerprint density at radius 2 is 2.07 bits per heavy atom. The van der Waals surface area contributed by atoms with E-state index in [1.165, 1.54) is 6.07 Å². The van der Waals surface area contributed by atoms with E-state index in [1.54, 1.807) is 0 Å². The molecule has 82 valence electrons. The summed E-state index contributed by atoms with van der Waals surface area (Å²) < 4.78 is 25.9. The minimum atomic E-state index is -0.807. The standard InChI is InChI=1S/C9H7Br2F2NO/c10-4-3-7(15)14-6-2-1-5(12)8(11)9(6)13/h1-2H,3-4H2,(H,14,15). The summed E-state index contributed by atoms with van der Waals surface area (Å²) in [6, 6.07) is 2.26. The number of hydrogen-bond acceptors (Lipinski definition) is 1. The number of rotatable bonds is 3. The molecule has 0 aliphatic heterocycles. The summed E-state index contributed by atoms with van der Waals surface area (Å²) in [4.78, 5) is 11.1. The van der Waals surface area contributed by atoms with Gasteiger partial charge in [0.2, 0.25) is 5.91 Å². The van der Waals surface area contributed by atoms with Crippen LogP contribution in [-0.4, -0.2) is 11.2 Å². The predicted molar refractivity (Wildman–Crippen MR) is 61.1 cm³/mol. The van der Waals surface area contributed by atoms with E-state index in [2.05, 4.69) is 37.2 Å². The summed E-state index contributed by atoms with van der Waals surface area (Å²) in [5, 5.41) is 2.83. The lowest BCUT2D eigenvalue weighted by Crippen LogP contribution is -2.13. The van der Waals surface area contributed by atoms with Crippen molar-refractivity contribution in [1.82, 2.24) is 0 Å². The van der Waals surface area contributed by atoms with Crippen LogP contribution in [0.5, 0.6) is 0 Å². The SMILES string of the molecule is O=C(CCBr)Nc1ccc(F)c(Br)c1F. The second kappa shape index (κ2) is 5.55. The van der Waals surface area contributed by atoms with Crippen molar-refractivity contribution in [2.24, 2.45) is 0 Å². The van der Waals surface area contributed by atoms with Crippen LogP contribution in [0.1, 0.15) is 6.42 Å². The monoisotopic (exact) mass is 341 g/mol. The molecule has 0 saturated carbocycles. The van der Waals surface area contributed by atoms with Crippen molar-refractivity contribution in [3.8, 4) is 0 Å². The zero-order valence-electron chi connectivity index (χ0n) is 7.49. The Morgan fingerprint density at radius 3 is 2.67 bits per heavy atom. The number of halogens is 4. The molecular weight excluding hydrogens is 336 g/mol. The van der Waals surface area contributed by atoms with Crippen molar-refractivity contribution in [1.29, 1.82) is 0 Å². The van der Waals surface area contributed by atoms with Gasteiger partial charge in [0.25, 0.3) is 0 Å². The van der Waals surface area contributed by atoms with E-state index in [4.69, 9.17) is 0 Å². The van der Waals surface area contributed by atoms with Crippen molar-refractivity contribution >= 4 is 43.5 Å². The number of carbonyl (C=O) groups is 1. The molecule has 6 heteroatoms. The molecule has 0 unspecified atom stereocenters. The van der Waals surface area contributed by atoms with Gasteiger partial charge in [-0.1, -0.05) is 15.9 Å². The number of amides is 1. The van der Waals surface area contributed by atoms with E-state index in [1.807, 2.05) is 0 Å². The van der Waals surface area contributed by atoms with Crippen LogP contribution in [0, 0.1) is 11.6 Å². The van der Waals surface area contributed by atoms with E-state index < -0.39 is 11.6 Å². The van der Waals surface area contributed by atoms with Gasteiger partial charge in [-0.2, -0.15) is 0 Å². The van der Waals surface area contributed by atoms with Crippen LogP contribution in [0.4, 0.5) is 14.5 Å². The maximum atomic E-state index is 13.3. The number of carbonyl (C=O) groups excluding carboxylic acids is 1. The molecule has 0 radical (unpaired) electrons. The van der Waals surface area contributed by atoms with Crippen LogP contribution in [0.2, 0.25) is 0 Å². The number of benzene rings is 1. The summed E-state index contributed by atoms with van der Waals surface area (Å²) in [5.74, 6) is -1.84. The van der Waals surface area contributed by atoms with E-state index in [9.17, 15) is 13.6 Å². The number of hydrogen-bond donors (Lipinski definition) is 1. The van der Waals surface area contributed by atoms with Gasteiger partial charge in [-0.25, -0.2) is 8.78 Å². The zero-order valence-corrected chi connectivity index (χ0v) is 10.7.